The van der Waals surface area contributed by atoms with Crippen molar-refractivity contribution in [2.24, 2.45) is 0 Å². The van der Waals surface area contributed by atoms with Gasteiger partial charge in [0.25, 0.3) is 5.91 Å². The van der Waals surface area contributed by atoms with Gasteiger partial charge in [0, 0.05) is 36.3 Å². The molecule has 0 aliphatic carbocycles. The molecule has 0 radical (unpaired) electrons. The summed E-state index contributed by atoms with van der Waals surface area (Å²) in [5.41, 5.74) is 5.67. The molecule has 1 amide bonds. The average molecular weight is 606 g/mol. The van der Waals surface area contributed by atoms with Gasteiger partial charge in [-0.15, -0.1) is 0 Å². The molecule has 1 aliphatic rings. The van der Waals surface area contributed by atoms with Gasteiger partial charge >= 0.3 is 0 Å². The van der Waals surface area contributed by atoms with Gasteiger partial charge in [0.15, 0.2) is 0 Å². The summed E-state index contributed by atoms with van der Waals surface area (Å²) in [7, 11) is 3.06. The van der Waals surface area contributed by atoms with E-state index in [0.717, 1.165) is 50.7 Å². The minimum atomic E-state index is -0.524. The summed E-state index contributed by atoms with van der Waals surface area (Å²) < 4.78 is 26.1. The number of nitrogens with zero attached hydrogens (tertiary/aromatic N) is 4. The van der Waals surface area contributed by atoms with Gasteiger partial charge in [-0.05, 0) is 59.5 Å². The van der Waals surface area contributed by atoms with Crippen molar-refractivity contribution in [2.75, 3.05) is 32.2 Å². The molecular formula is C35H32FN5O4. The summed E-state index contributed by atoms with van der Waals surface area (Å²) in [6.45, 7) is 1.87. The maximum absolute atomic E-state index is 13.8. The number of halogens is 1. The molecular weight excluding hydrogens is 573 g/mol. The molecule has 9 nitrogen and oxygen atoms in total. The molecule has 228 valence electrons. The largest absolute Gasteiger partial charge is 0.497 e. The summed E-state index contributed by atoms with van der Waals surface area (Å²) in [5, 5.41) is 29.2. The number of nitrogens with one attached hydrogen (secondary N) is 1. The van der Waals surface area contributed by atoms with Crippen molar-refractivity contribution < 1.29 is 23.8 Å². The maximum Gasteiger partial charge on any atom is 0.255 e. The van der Waals surface area contributed by atoms with Crippen molar-refractivity contribution in [3.63, 3.8) is 0 Å². The molecule has 5 aromatic rings. The van der Waals surface area contributed by atoms with Crippen LogP contribution in [0, 0.1) is 17.1 Å². The minimum Gasteiger partial charge on any atom is -0.497 e. The van der Waals surface area contributed by atoms with E-state index >= 15 is 0 Å². The van der Waals surface area contributed by atoms with Crippen molar-refractivity contribution in [1.29, 1.82) is 5.26 Å². The lowest BCUT2D eigenvalue weighted by Gasteiger charge is -2.21. The number of carbonyl (C=O) groups is 1. The number of amides is 1. The number of methoxy groups -OCH3 is 2. The van der Waals surface area contributed by atoms with E-state index in [4.69, 9.17) is 14.6 Å². The van der Waals surface area contributed by atoms with Crippen LogP contribution < -0.4 is 19.7 Å². The third-order valence-electron chi connectivity index (χ3n) is 8.13. The van der Waals surface area contributed by atoms with Gasteiger partial charge in [-0.1, -0.05) is 36.4 Å². The second-order valence-electron chi connectivity index (χ2n) is 11.0. The van der Waals surface area contributed by atoms with E-state index in [1.54, 1.807) is 13.3 Å². The van der Waals surface area contributed by atoms with Gasteiger partial charge < -0.3 is 24.8 Å². The number of aliphatic hydroxyl groups is 1. The molecule has 1 saturated heterocycles. The van der Waals surface area contributed by atoms with Crippen LogP contribution in [0.4, 0.5) is 10.1 Å². The molecule has 1 atom stereocenters. The molecule has 6 rings (SSSR count). The molecule has 0 saturated carbocycles. The lowest BCUT2D eigenvalue weighted by atomic mass is 9.95. The predicted octanol–water partition coefficient (Wildman–Crippen LogP) is 5.28. The highest BCUT2D eigenvalue weighted by molar-refractivity contribution is 6.01. The number of nitriles is 1. The van der Waals surface area contributed by atoms with Crippen LogP contribution >= 0.6 is 0 Å². The molecule has 0 bridgehead atoms. The number of aliphatic hydroxyl groups excluding tert-OH is 1. The molecule has 1 aliphatic heterocycles. The van der Waals surface area contributed by atoms with Crippen molar-refractivity contribution in [2.45, 2.75) is 25.6 Å². The summed E-state index contributed by atoms with van der Waals surface area (Å²) in [6, 6.07) is 23.6. The quantitative estimate of drug-likeness (QED) is 0.235. The van der Waals surface area contributed by atoms with Gasteiger partial charge in [0.05, 0.1) is 49.7 Å². The van der Waals surface area contributed by atoms with Crippen molar-refractivity contribution in [3.8, 4) is 28.7 Å². The number of ether oxygens (including phenoxy) is 2. The van der Waals surface area contributed by atoms with Crippen molar-refractivity contribution in [1.82, 2.24) is 15.1 Å². The first-order valence-electron chi connectivity index (χ1n) is 14.6. The number of carbonyl (C=O) groups excluding carboxylic acids is 1. The summed E-state index contributed by atoms with van der Waals surface area (Å²) in [5.74, 6) is 0.0748. The Kier molecular flexibility index (Phi) is 8.36. The number of fused-ring (bicyclic) bond motifs is 1. The number of hydrogen-bond donors (Lipinski definition) is 2. The fourth-order valence-electron chi connectivity index (χ4n) is 5.77. The van der Waals surface area contributed by atoms with Gasteiger partial charge in [-0.3, -0.25) is 9.48 Å². The van der Waals surface area contributed by atoms with E-state index in [2.05, 4.69) is 16.3 Å². The maximum atomic E-state index is 13.8. The van der Waals surface area contributed by atoms with Crippen LogP contribution in [0.25, 0.3) is 22.0 Å². The van der Waals surface area contributed by atoms with Crippen LogP contribution in [0.15, 0.2) is 79.0 Å². The standard InChI is InChI=1S/C35H32FN5O4/c1-44-27-10-5-23(6-11-27)20-41-34-30(17-37)28(16-32(31(34)19-39-41)40-14-13-26(42)21-40)24-7-3-22(4-8-24)18-38-35(43)29-15-25(36)9-12-33(29)45-2/h3-12,15-16,19,26,42H,13-14,18,20-21H2,1-2H3,(H,38,43)/t26-/m1/s1. The van der Waals surface area contributed by atoms with Gasteiger partial charge in [0.1, 0.15) is 23.4 Å². The van der Waals surface area contributed by atoms with Gasteiger partial charge in [-0.2, -0.15) is 10.4 Å². The van der Waals surface area contributed by atoms with E-state index in [9.17, 15) is 19.6 Å². The first-order valence-corrected chi connectivity index (χ1v) is 14.6. The number of β-amino-alcohol motifs (C(OH)–C–C–N with tert-alkyl or cyclic N) is 1. The second-order valence-corrected chi connectivity index (χ2v) is 11.0. The number of anilines is 1. The topological polar surface area (TPSA) is 113 Å². The fraction of sp³-hybridized carbons (Fsp3) is 0.229. The third-order valence-corrected chi connectivity index (χ3v) is 8.13. The Morgan fingerprint density at radius 2 is 1.82 bits per heavy atom. The third kappa shape index (κ3) is 6.03. The van der Waals surface area contributed by atoms with Crippen LogP contribution in [0.2, 0.25) is 0 Å². The minimum absolute atomic E-state index is 0.117. The van der Waals surface area contributed by atoms with E-state index in [-0.39, 0.29) is 17.9 Å². The fourth-order valence-corrected chi connectivity index (χ4v) is 5.77. The lowest BCUT2D eigenvalue weighted by molar-refractivity contribution is 0.0947. The highest BCUT2D eigenvalue weighted by Gasteiger charge is 2.26. The van der Waals surface area contributed by atoms with Crippen molar-refractivity contribution >= 4 is 22.5 Å². The normalized spacial score (nSPS) is 14.4. The first kappa shape index (κ1) is 29.7. The van der Waals surface area contributed by atoms with Crippen molar-refractivity contribution in [3.05, 3.63) is 107 Å². The highest BCUT2D eigenvalue weighted by atomic mass is 19.1. The molecule has 4 aromatic carbocycles. The van der Waals surface area contributed by atoms with Crippen LogP contribution in [0.1, 0.15) is 33.5 Å². The van der Waals surface area contributed by atoms with Gasteiger partial charge in [0.2, 0.25) is 0 Å². The Balaban J connectivity index is 1.33. The van der Waals surface area contributed by atoms with E-state index in [1.807, 2.05) is 59.3 Å². The Morgan fingerprint density at radius 1 is 1.07 bits per heavy atom. The molecule has 0 unspecified atom stereocenters. The average Bonchev–Trinajstić information content (AvgIpc) is 3.69. The zero-order valence-corrected chi connectivity index (χ0v) is 25.0. The smallest absolute Gasteiger partial charge is 0.255 e. The molecule has 45 heavy (non-hydrogen) atoms. The van der Waals surface area contributed by atoms with Crippen LogP contribution in [0.3, 0.4) is 0 Å². The van der Waals surface area contributed by atoms with Gasteiger partial charge in [-0.25, -0.2) is 4.39 Å². The molecule has 10 heteroatoms. The van der Waals surface area contributed by atoms with E-state index < -0.39 is 17.8 Å². The summed E-state index contributed by atoms with van der Waals surface area (Å²) in [6.07, 6.45) is 2.04. The Hall–Kier alpha value is -5.40. The molecule has 2 N–H and O–H groups in total. The molecule has 2 heterocycles. The lowest BCUT2D eigenvalue weighted by Crippen LogP contribution is -2.23. The van der Waals surface area contributed by atoms with Crippen LogP contribution in [0.5, 0.6) is 11.5 Å². The second kappa shape index (κ2) is 12.7. The Bertz CT molecular complexity index is 1900. The van der Waals surface area contributed by atoms with E-state index in [1.165, 1.54) is 19.2 Å². The summed E-state index contributed by atoms with van der Waals surface area (Å²) >= 11 is 0. The van der Waals surface area contributed by atoms with Crippen LogP contribution in [-0.4, -0.2) is 54.2 Å². The van der Waals surface area contributed by atoms with Crippen LogP contribution in [-0.2, 0) is 13.1 Å². The summed E-state index contributed by atoms with van der Waals surface area (Å²) in [4.78, 5) is 14.9. The monoisotopic (exact) mass is 605 g/mol. The molecule has 0 spiro atoms. The molecule has 1 fully saturated rings. The SMILES string of the molecule is COc1ccc(Cn2ncc3c(N4CC[C@@H](O)C4)cc(-c4ccc(CNC(=O)c5cc(F)ccc5OC)cc4)c(C#N)c32)cc1. The molecule has 1 aromatic heterocycles. The number of aromatic nitrogens is 2. The van der Waals surface area contributed by atoms with E-state index in [0.29, 0.717) is 31.6 Å². The number of rotatable bonds is 9. The number of benzene rings is 4. The Labute approximate surface area is 260 Å². The number of hydrogen-bond acceptors (Lipinski definition) is 7. The highest BCUT2D eigenvalue weighted by Crippen LogP contribution is 2.39. The predicted molar refractivity (Wildman–Crippen MR) is 169 cm³/mol. The zero-order valence-electron chi connectivity index (χ0n) is 25.0. The first-order chi connectivity index (χ1) is 21.9. The Morgan fingerprint density at radius 3 is 2.49 bits per heavy atom. The zero-order chi connectivity index (χ0) is 31.5.